The van der Waals surface area contributed by atoms with Crippen molar-refractivity contribution < 1.29 is 0 Å². The molecular formula is C9H14N2. The van der Waals surface area contributed by atoms with Crippen molar-refractivity contribution in [3.63, 3.8) is 0 Å². The second kappa shape index (κ2) is 4.09. The number of nitrogens with zero attached hydrogens (tertiary/aromatic N) is 2. The molecule has 0 atom stereocenters. The fourth-order valence-corrected chi connectivity index (χ4v) is 0.912. The Hall–Kier alpha value is -0.890. The van der Waals surface area contributed by atoms with Gasteiger partial charge in [0.25, 0.3) is 0 Å². The fraction of sp³-hybridized carbons (Fsp3) is 0.444. The van der Waals surface area contributed by atoms with Gasteiger partial charge >= 0.3 is 0 Å². The highest BCUT2D eigenvalue weighted by atomic mass is 15.1. The number of hydrogen-bond acceptors (Lipinski definition) is 2. The highest BCUT2D eigenvalue weighted by Crippen LogP contribution is 1.99. The van der Waals surface area contributed by atoms with Crippen molar-refractivity contribution >= 4 is 0 Å². The van der Waals surface area contributed by atoms with Crippen LogP contribution in [0.25, 0.3) is 0 Å². The third-order valence-corrected chi connectivity index (χ3v) is 1.74. The molecule has 1 heterocycles. The van der Waals surface area contributed by atoms with Crippen LogP contribution in [0.2, 0.25) is 0 Å². The summed E-state index contributed by atoms with van der Waals surface area (Å²) in [5, 5.41) is 0. The summed E-state index contributed by atoms with van der Waals surface area (Å²) in [5.41, 5.74) is 1.32. The van der Waals surface area contributed by atoms with E-state index in [-0.39, 0.29) is 0 Å². The summed E-state index contributed by atoms with van der Waals surface area (Å²) in [6.07, 6.45) is 3.66. The number of pyridine rings is 1. The lowest BCUT2D eigenvalue weighted by molar-refractivity contribution is 0.345. The first-order valence-corrected chi connectivity index (χ1v) is 3.90. The zero-order valence-electron chi connectivity index (χ0n) is 7.12. The van der Waals surface area contributed by atoms with Crippen LogP contribution in [-0.4, -0.2) is 23.5 Å². The number of rotatable bonds is 3. The normalized spacial score (nSPS) is 10.5. The summed E-state index contributed by atoms with van der Waals surface area (Å²) in [6, 6.07) is 4.10. The van der Waals surface area contributed by atoms with Gasteiger partial charge in [-0.2, -0.15) is 0 Å². The van der Waals surface area contributed by atoms with E-state index >= 15 is 0 Å². The molecule has 0 aliphatic heterocycles. The number of hydrogen-bond donors (Lipinski definition) is 0. The molecule has 0 fully saturated rings. The fourth-order valence-electron chi connectivity index (χ4n) is 0.912. The molecule has 1 aromatic heterocycles. The van der Waals surface area contributed by atoms with Crippen molar-refractivity contribution in [2.75, 3.05) is 13.6 Å². The minimum absolute atomic E-state index is 1.01. The van der Waals surface area contributed by atoms with Crippen molar-refractivity contribution in [3.05, 3.63) is 30.1 Å². The smallest absolute Gasteiger partial charge is 0.0271 e. The molecule has 0 saturated heterocycles. The van der Waals surface area contributed by atoms with Crippen molar-refractivity contribution in [1.29, 1.82) is 0 Å². The average Bonchev–Trinajstić information content (AvgIpc) is 2.06. The quantitative estimate of drug-likeness (QED) is 0.649. The van der Waals surface area contributed by atoms with Gasteiger partial charge in [0.15, 0.2) is 0 Å². The summed E-state index contributed by atoms with van der Waals surface area (Å²) in [6.45, 7) is 4.25. The maximum absolute atomic E-state index is 3.96. The van der Waals surface area contributed by atoms with Crippen LogP contribution < -0.4 is 0 Å². The highest BCUT2D eigenvalue weighted by Gasteiger charge is 1.94. The molecule has 0 radical (unpaired) electrons. The van der Waals surface area contributed by atoms with Gasteiger partial charge in [-0.05, 0) is 31.3 Å². The SMILES string of the molecule is CCN(C)Cc1ccncc1. The molecule has 0 spiro atoms. The molecule has 11 heavy (non-hydrogen) atoms. The van der Waals surface area contributed by atoms with Gasteiger partial charge in [0.1, 0.15) is 0 Å². The van der Waals surface area contributed by atoms with Gasteiger partial charge < -0.3 is 4.90 Å². The Bertz CT molecular complexity index is 196. The monoisotopic (exact) mass is 150 g/mol. The van der Waals surface area contributed by atoms with Gasteiger partial charge in [-0.1, -0.05) is 6.92 Å². The summed E-state index contributed by atoms with van der Waals surface area (Å²) in [7, 11) is 2.11. The van der Waals surface area contributed by atoms with Gasteiger partial charge in [0.05, 0.1) is 0 Å². The first-order chi connectivity index (χ1) is 5.33. The first-order valence-electron chi connectivity index (χ1n) is 3.90. The second-order valence-electron chi connectivity index (χ2n) is 2.69. The van der Waals surface area contributed by atoms with E-state index in [2.05, 4.69) is 23.9 Å². The topological polar surface area (TPSA) is 16.1 Å². The Balaban J connectivity index is 2.51. The predicted octanol–water partition coefficient (Wildman–Crippen LogP) is 1.53. The molecule has 0 aliphatic carbocycles. The largest absolute Gasteiger partial charge is 0.302 e. The van der Waals surface area contributed by atoms with Gasteiger partial charge in [0.2, 0.25) is 0 Å². The molecule has 60 valence electrons. The van der Waals surface area contributed by atoms with E-state index in [0.29, 0.717) is 0 Å². The van der Waals surface area contributed by atoms with Crippen LogP contribution in [-0.2, 0) is 6.54 Å². The molecule has 0 saturated carbocycles. The van der Waals surface area contributed by atoms with E-state index in [9.17, 15) is 0 Å². The lowest BCUT2D eigenvalue weighted by Crippen LogP contribution is -2.16. The molecule has 0 aliphatic rings. The number of aromatic nitrogens is 1. The van der Waals surface area contributed by atoms with Gasteiger partial charge in [-0.25, -0.2) is 0 Å². The first kappa shape index (κ1) is 8.21. The average molecular weight is 150 g/mol. The van der Waals surface area contributed by atoms with Crippen molar-refractivity contribution in [2.45, 2.75) is 13.5 Å². The Labute approximate surface area is 67.9 Å². The van der Waals surface area contributed by atoms with Crippen molar-refractivity contribution in [1.82, 2.24) is 9.88 Å². The van der Waals surface area contributed by atoms with Crippen LogP contribution in [0.15, 0.2) is 24.5 Å². The molecule has 0 bridgehead atoms. The maximum Gasteiger partial charge on any atom is 0.0271 e. The summed E-state index contributed by atoms with van der Waals surface area (Å²) in [4.78, 5) is 6.22. The van der Waals surface area contributed by atoms with Gasteiger partial charge in [-0.15, -0.1) is 0 Å². The van der Waals surface area contributed by atoms with Crippen molar-refractivity contribution in [3.8, 4) is 0 Å². The van der Waals surface area contributed by atoms with E-state index in [0.717, 1.165) is 13.1 Å². The van der Waals surface area contributed by atoms with Gasteiger partial charge in [0, 0.05) is 18.9 Å². The lowest BCUT2D eigenvalue weighted by atomic mass is 10.2. The Kier molecular flexibility index (Phi) is 3.05. The molecule has 0 unspecified atom stereocenters. The Morgan fingerprint density at radius 3 is 2.55 bits per heavy atom. The molecule has 1 rings (SSSR count). The van der Waals surface area contributed by atoms with Crippen LogP contribution in [0.5, 0.6) is 0 Å². The summed E-state index contributed by atoms with van der Waals surface area (Å²) in [5.74, 6) is 0. The Morgan fingerprint density at radius 1 is 1.36 bits per heavy atom. The third-order valence-electron chi connectivity index (χ3n) is 1.74. The lowest BCUT2D eigenvalue weighted by Gasteiger charge is -2.12. The van der Waals surface area contributed by atoms with Crippen LogP contribution in [0.1, 0.15) is 12.5 Å². The van der Waals surface area contributed by atoms with Crippen LogP contribution in [0, 0.1) is 0 Å². The van der Waals surface area contributed by atoms with E-state index in [1.54, 1.807) is 0 Å². The summed E-state index contributed by atoms with van der Waals surface area (Å²) < 4.78 is 0. The zero-order chi connectivity index (χ0) is 8.10. The van der Waals surface area contributed by atoms with Gasteiger partial charge in [-0.3, -0.25) is 4.98 Å². The van der Waals surface area contributed by atoms with E-state index in [1.807, 2.05) is 24.5 Å². The molecule has 0 amide bonds. The highest BCUT2D eigenvalue weighted by molar-refractivity contribution is 5.08. The van der Waals surface area contributed by atoms with Crippen molar-refractivity contribution in [2.24, 2.45) is 0 Å². The molecular weight excluding hydrogens is 136 g/mol. The van der Waals surface area contributed by atoms with E-state index in [4.69, 9.17) is 0 Å². The van der Waals surface area contributed by atoms with E-state index in [1.165, 1.54) is 5.56 Å². The van der Waals surface area contributed by atoms with Crippen LogP contribution in [0.3, 0.4) is 0 Å². The van der Waals surface area contributed by atoms with Crippen LogP contribution >= 0.6 is 0 Å². The Morgan fingerprint density at radius 2 is 2.00 bits per heavy atom. The molecule has 0 N–H and O–H groups in total. The minimum Gasteiger partial charge on any atom is -0.302 e. The zero-order valence-corrected chi connectivity index (χ0v) is 7.12. The molecule has 2 heteroatoms. The molecule has 2 nitrogen and oxygen atoms in total. The molecule has 1 aromatic rings. The van der Waals surface area contributed by atoms with Crippen LogP contribution in [0.4, 0.5) is 0 Å². The molecule has 0 aromatic carbocycles. The summed E-state index contributed by atoms with van der Waals surface area (Å²) >= 11 is 0. The minimum atomic E-state index is 1.01. The van der Waals surface area contributed by atoms with E-state index < -0.39 is 0 Å². The second-order valence-corrected chi connectivity index (χ2v) is 2.69. The predicted molar refractivity (Wildman–Crippen MR) is 46.2 cm³/mol. The standard InChI is InChI=1S/C9H14N2/c1-3-11(2)8-9-4-6-10-7-5-9/h4-7H,3,8H2,1-2H3. The third kappa shape index (κ3) is 2.68. The maximum atomic E-state index is 3.96.